The lowest BCUT2D eigenvalue weighted by molar-refractivity contribution is -0.144. The number of rotatable bonds is 16. The molecule has 2 N–H and O–H groups in total. The van der Waals surface area contributed by atoms with Crippen LogP contribution < -0.4 is 0 Å². The molecule has 38 heavy (non-hydrogen) atoms. The van der Waals surface area contributed by atoms with Crippen LogP contribution in [0.4, 0.5) is 0 Å². The molecule has 0 spiro atoms. The third-order valence-electron chi connectivity index (χ3n) is 8.51. The van der Waals surface area contributed by atoms with Crippen molar-refractivity contribution in [3.05, 3.63) is 24.3 Å². The Balaban J connectivity index is 0.00000352. The fraction of sp³-hybridized carbons (Fsp3) is 0.812. The van der Waals surface area contributed by atoms with Crippen LogP contribution >= 0.6 is 0 Å². The second-order valence-electron chi connectivity index (χ2n) is 11.2. The summed E-state index contributed by atoms with van der Waals surface area (Å²) in [5.74, 6) is 2.01. The summed E-state index contributed by atoms with van der Waals surface area (Å²) in [5.41, 5.74) is 0.0143. The number of carbonyl (C=O) groups excluding carboxylic acids is 2. The first kappa shape index (κ1) is 34.4. The van der Waals surface area contributed by atoms with Crippen LogP contribution in [0.5, 0.6) is 0 Å². The Hall–Kier alpha value is -1.66. The molecule has 0 amide bonds. The van der Waals surface area contributed by atoms with Crippen molar-refractivity contribution in [3.8, 4) is 0 Å². The van der Waals surface area contributed by atoms with E-state index in [1.165, 1.54) is 77.0 Å². The normalized spacial score (nSPS) is 23.2. The van der Waals surface area contributed by atoms with Gasteiger partial charge in [0.1, 0.15) is 0 Å². The van der Waals surface area contributed by atoms with Crippen molar-refractivity contribution in [2.45, 2.75) is 111 Å². The zero-order valence-corrected chi connectivity index (χ0v) is 24.6. The molecule has 2 rings (SSSR count). The first-order chi connectivity index (χ1) is 18.4. The smallest absolute Gasteiger partial charge is 0.335 e. The predicted molar refractivity (Wildman–Crippen MR) is 153 cm³/mol. The van der Waals surface area contributed by atoms with Gasteiger partial charge in [0.25, 0.3) is 0 Å². The highest BCUT2D eigenvalue weighted by Crippen LogP contribution is 2.43. The molecule has 0 aromatic carbocycles. The van der Waals surface area contributed by atoms with Gasteiger partial charge in [0.05, 0.1) is 37.6 Å². The van der Waals surface area contributed by atoms with Gasteiger partial charge in [0.2, 0.25) is 0 Å². The van der Waals surface area contributed by atoms with E-state index in [0.717, 1.165) is 30.6 Å². The zero-order valence-electron chi connectivity index (χ0n) is 24.6. The van der Waals surface area contributed by atoms with Gasteiger partial charge in [-0.15, -0.1) is 0 Å². The van der Waals surface area contributed by atoms with Gasteiger partial charge in [-0.3, -0.25) is 0 Å². The summed E-state index contributed by atoms with van der Waals surface area (Å²) in [6.07, 6.45) is 18.2. The maximum atomic E-state index is 11.9. The van der Waals surface area contributed by atoms with E-state index in [1.807, 2.05) is 13.8 Å². The third-order valence-corrected chi connectivity index (χ3v) is 8.51. The monoisotopic (exact) mass is 536 g/mol. The largest absolute Gasteiger partial charge is 0.462 e. The average molecular weight is 537 g/mol. The zero-order chi connectivity index (χ0) is 28.3. The second kappa shape index (κ2) is 20.3. The number of hydrogen-bond acceptors (Lipinski definition) is 6. The molecule has 6 nitrogen and oxygen atoms in total. The van der Waals surface area contributed by atoms with Crippen molar-refractivity contribution in [1.82, 2.24) is 0 Å². The predicted octanol–water partition coefficient (Wildman–Crippen LogP) is 6.79. The lowest BCUT2D eigenvalue weighted by Gasteiger charge is -2.38. The minimum absolute atomic E-state index is 0.00715. The van der Waals surface area contributed by atoms with Crippen molar-refractivity contribution < 1.29 is 29.3 Å². The van der Waals surface area contributed by atoms with E-state index in [1.54, 1.807) is 0 Å². The summed E-state index contributed by atoms with van der Waals surface area (Å²) < 4.78 is 10.6. The molecule has 2 aliphatic carbocycles. The van der Waals surface area contributed by atoms with E-state index in [9.17, 15) is 9.59 Å². The Morgan fingerprint density at radius 1 is 0.737 bits per heavy atom. The van der Waals surface area contributed by atoms with Crippen LogP contribution in [0.2, 0.25) is 0 Å². The molecule has 0 heterocycles. The Morgan fingerprint density at radius 3 is 1.55 bits per heavy atom. The number of aliphatic hydroxyl groups excluding tert-OH is 2. The summed E-state index contributed by atoms with van der Waals surface area (Å²) in [6.45, 7) is 12.6. The van der Waals surface area contributed by atoms with Gasteiger partial charge in [-0.25, -0.2) is 9.59 Å². The summed E-state index contributed by atoms with van der Waals surface area (Å²) >= 11 is 0. The summed E-state index contributed by atoms with van der Waals surface area (Å²) in [7, 11) is 0. The quantitative estimate of drug-likeness (QED) is 0.128. The van der Waals surface area contributed by atoms with E-state index in [4.69, 9.17) is 19.7 Å². The highest BCUT2D eigenvalue weighted by atomic mass is 16.5. The topological polar surface area (TPSA) is 93.1 Å². The Kier molecular flexibility index (Phi) is 18.3. The number of ether oxygens (including phenoxy) is 2. The third kappa shape index (κ3) is 12.9. The maximum Gasteiger partial charge on any atom is 0.335 e. The lowest BCUT2D eigenvalue weighted by atomic mass is 9.68. The van der Waals surface area contributed by atoms with Crippen molar-refractivity contribution in [3.63, 3.8) is 0 Å². The van der Waals surface area contributed by atoms with Gasteiger partial charge in [-0.1, -0.05) is 85.3 Å². The van der Waals surface area contributed by atoms with Crippen LogP contribution in [0.25, 0.3) is 0 Å². The van der Waals surface area contributed by atoms with E-state index in [-0.39, 0.29) is 30.3 Å². The molecular formula is C32H56O6. The molecule has 0 bridgehead atoms. The number of esters is 2. The Bertz CT molecular complexity index is 654. The average Bonchev–Trinajstić information content (AvgIpc) is 2.97. The van der Waals surface area contributed by atoms with Crippen molar-refractivity contribution >= 4 is 11.9 Å². The Morgan fingerprint density at radius 2 is 1.16 bits per heavy atom. The van der Waals surface area contributed by atoms with Gasteiger partial charge < -0.3 is 19.7 Å². The fourth-order valence-electron chi connectivity index (χ4n) is 5.99. The summed E-state index contributed by atoms with van der Waals surface area (Å²) in [6, 6.07) is 0. The number of carbonyl (C=O) groups is 2. The molecular weight excluding hydrogens is 480 g/mol. The molecule has 0 aliphatic heterocycles. The molecule has 0 saturated heterocycles. The van der Waals surface area contributed by atoms with Gasteiger partial charge in [-0.05, 0) is 62.2 Å². The van der Waals surface area contributed by atoms with Gasteiger partial charge >= 0.3 is 11.9 Å². The second-order valence-corrected chi connectivity index (χ2v) is 11.2. The number of unbranched alkanes of at least 4 members (excludes halogenated alkanes) is 2. The molecule has 0 aromatic heterocycles. The van der Waals surface area contributed by atoms with Gasteiger partial charge in [-0.2, -0.15) is 0 Å². The minimum Gasteiger partial charge on any atom is -0.462 e. The molecule has 2 aliphatic rings. The highest BCUT2D eigenvalue weighted by molar-refractivity contribution is 5.88. The van der Waals surface area contributed by atoms with Crippen LogP contribution in [-0.2, 0) is 19.1 Å². The molecule has 0 aromatic rings. The van der Waals surface area contributed by atoms with Crippen LogP contribution in [0.15, 0.2) is 24.3 Å². The number of hydrogen-bond donors (Lipinski definition) is 2. The van der Waals surface area contributed by atoms with E-state index >= 15 is 0 Å². The van der Waals surface area contributed by atoms with Crippen LogP contribution in [0.3, 0.4) is 0 Å². The van der Waals surface area contributed by atoms with E-state index in [0.29, 0.717) is 5.92 Å². The first-order valence-electron chi connectivity index (χ1n) is 15.3. The van der Waals surface area contributed by atoms with Crippen LogP contribution in [0, 0.1) is 29.6 Å². The highest BCUT2D eigenvalue weighted by Gasteiger charge is 2.31. The standard InChI is InChI=1S/C30H50O6.C2H6/c1-4-5-6-7-24-10-14-27(15-11-24)28-16-12-25(13-17-28)8-9-26(20-35-29(33)22(2)18-31)21-36-30(34)23(3)19-32;1-2/h24-28,31-32H,2-21H2,1H3;1-2H3. The SMILES string of the molecule is C=C(CO)C(=O)OCC(CCC1CCC(C2CCC(CCCCC)CC2)CC1)COC(=O)C(=C)CO.CC. The summed E-state index contributed by atoms with van der Waals surface area (Å²) in [5, 5.41) is 18.2. The van der Waals surface area contributed by atoms with Crippen molar-refractivity contribution in [1.29, 1.82) is 0 Å². The van der Waals surface area contributed by atoms with Gasteiger partial charge in [0, 0.05) is 5.92 Å². The molecule has 2 fully saturated rings. The van der Waals surface area contributed by atoms with Crippen LogP contribution in [0.1, 0.15) is 111 Å². The van der Waals surface area contributed by atoms with E-state index < -0.39 is 25.2 Å². The summed E-state index contributed by atoms with van der Waals surface area (Å²) in [4.78, 5) is 23.8. The van der Waals surface area contributed by atoms with Crippen molar-refractivity contribution in [2.75, 3.05) is 26.4 Å². The minimum atomic E-state index is -0.630. The molecule has 0 atom stereocenters. The van der Waals surface area contributed by atoms with E-state index in [2.05, 4.69) is 20.1 Å². The number of aliphatic hydroxyl groups is 2. The molecule has 220 valence electrons. The fourth-order valence-corrected chi connectivity index (χ4v) is 5.99. The molecule has 0 radical (unpaired) electrons. The molecule has 0 unspecified atom stereocenters. The maximum absolute atomic E-state index is 11.9. The Labute approximate surface area is 232 Å². The molecule has 2 saturated carbocycles. The lowest BCUT2D eigenvalue weighted by Crippen LogP contribution is -2.27. The van der Waals surface area contributed by atoms with Crippen LogP contribution in [-0.4, -0.2) is 48.6 Å². The van der Waals surface area contributed by atoms with Gasteiger partial charge in [0.15, 0.2) is 0 Å². The van der Waals surface area contributed by atoms with Crippen molar-refractivity contribution in [2.24, 2.45) is 29.6 Å². The molecule has 6 heteroatoms. The first-order valence-corrected chi connectivity index (χ1v) is 15.3.